The topological polar surface area (TPSA) is 37.8 Å². The number of aromatic nitrogens is 2. The molecule has 0 saturated heterocycles. The second-order valence-electron chi connectivity index (χ2n) is 6.37. The average molecular weight is 353 g/mol. The van der Waals surface area contributed by atoms with Crippen LogP contribution in [0.3, 0.4) is 0 Å². The number of hydrogen-bond acceptors (Lipinski definition) is 3. The number of anilines is 1. The second-order valence-corrected chi connectivity index (χ2v) is 6.37. The zero-order valence-electron chi connectivity index (χ0n) is 13.6. The minimum Gasteiger partial charge on any atom is -0.383 e. The van der Waals surface area contributed by atoms with E-state index in [2.05, 4.69) is 15.3 Å². The van der Waals surface area contributed by atoms with Crippen molar-refractivity contribution in [2.45, 2.75) is 38.3 Å². The van der Waals surface area contributed by atoms with Crippen molar-refractivity contribution in [2.75, 3.05) is 11.9 Å². The standard InChI is InChI=1S/C18H19F4N3/c19-14-8-13(10-23-11-14)15-6-7-16(17(25-15)18(20,21)22)24-9-12-4-2-1-3-5-12/h6-8,10-12,24H,1-5,9H2. The summed E-state index contributed by atoms with van der Waals surface area (Å²) in [4.78, 5) is 7.39. The number of pyridine rings is 2. The molecule has 0 atom stereocenters. The van der Waals surface area contributed by atoms with Gasteiger partial charge in [-0.2, -0.15) is 13.2 Å². The summed E-state index contributed by atoms with van der Waals surface area (Å²) in [5, 5.41) is 2.91. The van der Waals surface area contributed by atoms with E-state index in [4.69, 9.17) is 0 Å². The lowest BCUT2D eigenvalue weighted by molar-refractivity contribution is -0.140. The molecule has 3 rings (SSSR count). The number of hydrogen-bond donors (Lipinski definition) is 1. The SMILES string of the molecule is Fc1cncc(-c2ccc(NCC3CCCCC3)c(C(F)(F)F)n2)c1. The van der Waals surface area contributed by atoms with E-state index in [1.54, 1.807) is 0 Å². The third-order valence-electron chi connectivity index (χ3n) is 4.47. The molecule has 3 nitrogen and oxygen atoms in total. The summed E-state index contributed by atoms with van der Waals surface area (Å²) in [7, 11) is 0. The molecule has 1 fully saturated rings. The number of alkyl halides is 3. The van der Waals surface area contributed by atoms with Gasteiger partial charge in [0, 0.05) is 18.3 Å². The first-order valence-corrected chi connectivity index (χ1v) is 8.36. The fourth-order valence-electron chi connectivity index (χ4n) is 3.18. The molecule has 2 aromatic rings. The van der Waals surface area contributed by atoms with Crippen LogP contribution in [0, 0.1) is 11.7 Å². The third-order valence-corrected chi connectivity index (χ3v) is 4.47. The molecule has 1 aliphatic carbocycles. The number of rotatable bonds is 4. The van der Waals surface area contributed by atoms with Crippen LogP contribution in [0.5, 0.6) is 0 Å². The van der Waals surface area contributed by atoms with Crippen LogP contribution in [0.1, 0.15) is 37.8 Å². The van der Waals surface area contributed by atoms with Crippen molar-refractivity contribution in [2.24, 2.45) is 5.92 Å². The van der Waals surface area contributed by atoms with Gasteiger partial charge < -0.3 is 5.32 Å². The molecule has 0 aliphatic heterocycles. The maximum Gasteiger partial charge on any atom is 0.435 e. The van der Waals surface area contributed by atoms with Crippen molar-refractivity contribution in [1.82, 2.24) is 9.97 Å². The minimum absolute atomic E-state index is 0.0359. The van der Waals surface area contributed by atoms with E-state index in [0.717, 1.165) is 37.9 Å². The van der Waals surface area contributed by atoms with Crippen LogP contribution < -0.4 is 5.32 Å². The molecule has 134 valence electrons. The molecule has 1 aliphatic rings. The Hall–Kier alpha value is -2.18. The highest BCUT2D eigenvalue weighted by Gasteiger charge is 2.36. The van der Waals surface area contributed by atoms with Gasteiger partial charge in [-0.15, -0.1) is 0 Å². The highest BCUT2D eigenvalue weighted by molar-refractivity contribution is 5.62. The van der Waals surface area contributed by atoms with Gasteiger partial charge in [0.15, 0.2) is 5.69 Å². The average Bonchev–Trinajstić information content (AvgIpc) is 2.60. The molecule has 0 radical (unpaired) electrons. The van der Waals surface area contributed by atoms with Gasteiger partial charge in [-0.05, 0) is 37.0 Å². The smallest absolute Gasteiger partial charge is 0.383 e. The molecule has 25 heavy (non-hydrogen) atoms. The van der Waals surface area contributed by atoms with Crippen LogP contribution in [0.4, 0.5) is 23.2 Å². The molecule has 7 heteroatoms. The second kappa shape index (κ2) is 7.37. The first kappa shape index (κ1) is 17.6. The van der Waals surface area contributed by atoms with Crippen LogP contribution in [0.2, 0.25) is 0 Å². The molecule has 2 aromatic heterocycles. The Morgan fingerprint density at radius 2 is 1.84 bits per heavy atom. The van der Waals surface area contributed by atoms with E-state index in [0.29, 0.717) is 12.5 Å². The molecule has 2 heterocycles. The normalized spacial score (nSPS) is 16.0. The van der Waals surface area contributed by atoms with Gasteiger partial charge in [0.05, 0.1) is 17.6 Å². The summed E-state index contributed by atoms with van der Waals surface area (Å²) >= 11 is 0. The summed E-state index contributed by atoms with van der Waals surface area (Å²) in [5.74, 6) is -0.228. The molecule has 0 aromatic carbocycles. The maximum absolute atomic E-state index is 13.4. The molecule has 0 amide bonds. The predicted octanol–water partition coefficient (Wildman–Crippen LogP) is 5.29. The summed E-state index contributed by atoms with van der Waals surface area (Å²) in [6.07, 6.45) is 3.22. The van der Waals surface area contributed by atoms with Gasteiger partial charge in [0.2, 0.25) is 0 Å². The fraction of sp³-hybridized carbons (Fsp3) is 0.444. The zero-order valence-corrected chi connectivity index (χ0v) is 13.6. The van der Waals surface area contributed by atoms with Crippen LogP contribution in [-0.4, -0.2) is 16.5 Å². The van der Waals surface area contributed by atoms with Crippen LogP contribution in [0.25, 0.3) is 11.3 Å². The van der Waals surface area contributed by atoms with Crippen molar-refractivity contribution in [3.8, 4) is 11.3 Å². The largest absolute Gasteiger partial charge is 0.435 e. The van der Waals surface area contributed by atoms with E-state index in [1.807, 2.05) is 0 Å². The van der Waals surface area contributed by atoms with Crippen molar-refractivity contribution in [1.29, 1.82) is 0 Å². The summed E-state index contributed by atoms with van der Waals surface area (Å²) in [5.41, 5.74) is -0.761. The van der Waals surface area contributed by atoms with Gasteiger partial charge in [-0.3, -0.25) is 4.98 Å². The molecule has 0 spiro atoms. The zero-order chi connectivity index (χ0) is 17.9. The summed E-state index contributed by atoms with van der Waals surface area (Å²) in [6.45, 7) is 0.506. The Bertz CT molecular complexity index is 725. The molecular formula is C18H19F4N3. The highest BCUT2D eigenvalue weighted by Crippen LogP contribution is 2.35. The quantitative estimate of drug-likeness (QED) is 0.759. The number of halogens is 4. The Morgan fingerprint density at radius 3 is 2.52 bits per heavy atom. The first-order chi connectivity index (χ1) is 11.9. The van der Waals surface area contributed by atoms with E-state index in [9.17, 15) is 17.6 Å². The summed E-state index contributed by atoms with van der Waals surface area (Å²) < 4.78 is 53.5. The molecule has 0 bridgehead atoms. The lowest BCUT2D eigenvalue weighted by Crippen LogP contribution is -2.20. The Balaban J connectivity index is 1.85. The lowest BCUT2D eigenvalue weighted by Gasteiger charge is -2.23. The number of nitrogens with zero attached hydrogens (tertiary/aromatic N) is 2. The van der Waals surface area contributed by atoms with Crippen molar-refractivity contribution < 1.29 is 17.6 Å². The van der Waals surface area contributed by atoms with E-state index < -0.39 is 17.7 Å². The monoisotopic (exact) mass is 353 g/mol. The maximum atomic E-state index is 13.4. The van der Waals surface area contributed by atoms with Crippen molar-refractivity contribution in [3.05, 3.63) is 42.1 Å². The highest BCUT2D eigenvalue weighted by atomic mass is 19.4. The van der Waals surface area contributed by atoms with Gasteiger partial charge in [0.1, 0.15) is 5.82 Å². The van der Waals surface area contributed by atoms with E-state index in [-0.39, 0.29) is 16.9 Å². The fourth-order valence-corrected chi connectivity index (χ4v) is 3.18. The Labute approximate surface area is 143 Å². The minimum atomic E-state index is -4.59. The number of nitrogens with one attached hydrogen (secondary N) is 1. The van der Waals surface area contributed by atoms with E-state index in [1.165, 1.54) is 24.8 Å². The van der Waals surface area contributed by atoms with Crippen molar-refractivity contribution >= 4 is 5.69 Å². The first-order valence-electron chi connectivity index (χ1n) is 8.36. The van der Waals surface area contributed by atoms with Gasteiger partial charge >= 0.3 is 6.18 Å². The molecule has 1 N–H and O–H groups in total. The molecule has 0 unspecified atom stereocenters. The lowest BCUT2D eigenvalue weighted by atomic mass is 9.89. The Kier molecular flexibility index (Phi) is 5.20. The van der Waals surface area contributed by atoms with Gasteiger partial charge in [0.25, 0.3) is 0 Å². The summed E-state index contributed by atoms with van der Waals surface area (Å²) in [6, 6.07) is 3.93. The van der Waals surface area contributed by atoms with Crippen LogP contribution in [0.15, 0.2) is 30.6 Å². The van der Waals surface area contributed by atoms with Crippen LogP contribution >= 0.6 is 0 Å². The molecule has 1 saturated carbocycles. The molecular weight excluding hydrogens is 334 g/mol. The third kappa shape index (κ3) is 4.46. The van der Waals surface area contributed by atoms with Crippen molar-refractivity contribution in [3.63, 3.8) is 0 Å². The predicted molar refractivity (Wildman–Crippen MR) is 87.5 cm³/mol. The van der Waals surface area contributed by atoms with Gasteiger partial charge in [-0.25, -0.2) is 9.37 Å². The Morgan fingerprint density at radius 1 is 1.08 bits per heavy atom. The van der Waals surface area contributed by atoms with Gasteiger partial charge in [-0.1, -0.05) is 19.3 Å². The van der Waals surface area contributed by atoms with E-state index >= 15 is 0 Å². The van der Waals surface area contributed by atoms with Crippen LogP contribution in [-0.2, 0) is 6.18 Å².